The van der Waals surface area contributed by atoms with Gasteiger partial charge in [0, 0.05) is 43.0 Å². The monoisotopic (exact) mass is 661 g/mol. The molecule has 0 radical (unpaired) electrons. The first kappa shape index (κ1) is 36.3. The third kappa shape index (κ3) is 8.17. The van der Waals surface area contributed by atoms with Crippen LogP contribution in [0, 0.1) is 13.8 Å². The lowest BCUT2D eigenvalue weighted by molar-refractivity contribution is -0.114. The Labute approximate surface area is 266 Å². The molecule has 11 nitrogen and oxygen atoms in total. The molecule has 0 unspecified atom stereocenters. The van der Waals surface area contributed by atoms with Gasteiger partial charge in [-0.1, -0.05) is 37.3 Å². The number of aryl methyl sites for hydroxylation is 2. The second-order valence-corrected chi connectivity index (χ2v) is 12.0. The van der Waals surface area contributed by atoms with Crippen molar-refractivity contribution in [3.8, 4) is 16.9 Å². The zero-order valence-corrected chi connectivity index (χ0v) is 27.5. The fraction of sp³-hybridized carbons (Fsp3) is 0.312. The number of alkyl halides is 2. The van der Waals surface area contributed by atoms with Gasteiger partial charge in [0.25, 0.3) is 17.7 Å². The van der Waals surface area contributed by atoms with E-state index in [0.29, 0.717) is 11.3 Å². The second-order valence-electron chi connectivity index (χ2n) is 10.2. The third-order valence-corrected chi connectivity index (χ3v) is 8.65. The summed E-state index contributed by atoms with van der Waals surface area (Å²) < 4.78 is 61.9. The largest absolute Gasteiger partial charge is 0.496 e. The van der Waals surface area contributed by atoms with Crippen LogP contribution in [0.5, 0.6) is 5.75 Å². The second kappa shape index (κ2) is 15.4. The normalized spacial score (nSPS) is 12.3. The van der Waals surface area contributed by atoms with Gasteiger partial charge >= 0.3 is 7.82 Å². The highest BCUT2D eigenvalue weighted by atomic mass is 31.2. The molecule has 0 aliphatic heterocycles. The number of phosphoric acid groups is 1. The van der Waals surface area contributed by atoms with Crippen LogP contribution in [-0.4, -0.2) is 50.0 Å². The number of nitrogens with one attached hydrogen (secondary N) is 2. The first-order valence-electron chi connectivity index (χ1n) is 14.1. The van der Waals surface area contributed by atoms with Crippen LogP contribution in [0.1, 0.15) is 47.3 Å². The topological polar surface area (TPSA) is 136 Å². The van der Waals surface area contributed by atoms with Crippen molar-refractivity contribution in [3.05, 3.63) is 94.3 Å². The van der Waals surface area contributed by atoms with E-state index < -0.39 is 44.4 Å². The number of hydroxylamine groups is 1. The molecule has 0 aliphatic rings. The van der Waals surface area contributed by atoms with Crippen LogP contribution < -0.4 is 15.5 Å². The molecule has 14 heteroatoms. The van der Waals surface area contributed by atoms with Gasteiger partial charge in [0.1, 0.15) is 18.2 Å². The Morgan fingerprint density at radius 3 is 2.17 bits per heavy atom. The van der Waals surface area contributed by atoms with Gasteiger partial charge in [0.2, 0.25) is 0 Å². The predicted molar refractivity (Wildman–Crippen MR) is 169 cm³/mol. The summed E-state index contributed by atoms with van der Waals surface area (Å²) in [5, 5.41) is 12.5. The van der Waals surface area contributed by atoms with Gasteiger partial charge in [-0.05, 0) is 67.8 Å². The average molecular weight is 662 g/mol. The molecule has 0 fully saturated rings. The molecule has 0 saturated carbocycles. The van der Waals surface area contributed by atoms with Crippen molar-refractivity contribution in [2.75, 3.05) is 33.4 Å². The highest BCUT2D eigenvalue weighted by Crippen LogP contribution is 2.48. The fourth-order valence-corrected chi connectivity index (χ4v) is 5.32. The number of benzene rings is 3. The van der Waals surface area contributed by atoms with Crippen LogP contribution in [0.25, 0.3) is 11.1 Å². The van der Waals surface area contributed by atoms with Crippen molar-refractivity contribution < 1.29 is 46.5 Å². The number of nitrogens with zero attached hydrogens (tertiary/aromatic N) is 1. The molecule has 0 spiro atoms. The fourth-order valence-electron chi connectivity index (χ4n) is 4.70. The summed E-state index contributed by atoms with van der Waals surface area (Å²) >= 11 is 0. The van der Waals surface area contributed by atoms with Crippen LogP contribution >= 0.6 is 7.82 Å². The van der Waals surface area contributed by atoms with Gasteiger partial charge in [-0.15, -0.1) is 0 Å². The Kier molecular flexibility index (Phi) is 12.2. The number of hydrogen-bond acceptors (Lipinski definition) is 9. The maximum atomic E-state index is 14.3. The van der Waals surface area contributed by atoms with E-state index in [9.17, 15) is 28.1 Å². The molecule has 3 aromatic rings. The highest BCUT2D eigenvalue weighted by molar-refractivity contribution is 7.48. The van der Waals surface area contributed by atoms with Crippen molar-refractivity contribution in [1.29, 1.82) is 0 Å². The quantitative estimate of drug-likeness (QED) is 0.0713. The lowest BCUT2D eigenvalue weighted by Crippen LogP contribution is -2.36. The molecule has 3 aromatic carbocycles. The molecular weight excluding hydrogens is 623 g/mol. The summed E-state index contributed by atoms with van der Waals surface area (Å²) in [4.78, 5) is 28.3. The van der Waals surface area contributed by atoms with E-state index in [-0.39, 0.29) is 22.5 Å². The van der Waals surface area contributed by atoms with Gasteiger partial charge in [0.05, 0.1) is 12.8 Å². The van der Waals surface area contributed by atoms with Crippen LogP contribution in [0.3, 0.4) is 0 Å². The zero-order valence-electron chi connectivity index (χ0n) is 26.6. The summed E-state index contributed by atoms with van der Waals surface area (Å²) in [5.74, 6) is -4.32. The van der Waals surface area contributed by atoms with Crippen LogP contribution in [0.2, 0.25) is 0 Å². The summed E-state index contributed by atoms with van der Waals surface area (Å²) in [6.07, 6.45) is -0.451. The van der Waals surface area contributed by atoms with Crippen LogP contribution in [0.4, 0.5) is 14.5 Å². The maximum absolute atomic E-state index is 14.3. The van der Waals surface area contributed by atoms with E-state index in [1.807, 2.05) is 32.0 Å². The minimum absolute atomic E-state index is 0.0157. The standard InChI is InChI=1S/C32H38F2N3O8P/c1-8-32(33,34)24-13-10-14-25(18-24)35-30(38)29(36-40)22(4)37(19-45-46(41,43-6)44-7)31(39)23-15-16-27(42-5)26(17-23)28-20(2)11-9-12-21(28)3/h9-18,36,40H,8,19H2,1-7H3,(H,35,38)/b29-22-. The molecule has 2 amide bonds. The highest BCUT2D eigenvalue weighted by Gasteiger charge is 2.31. The van der Waals surface area contributed by atoms with E-state index in [2.05, 4.69) is 5.32 Å². The molecule has 0 saturated heterocycles. The zero-order chi connectivity index (χ0) is 34.2. The minimum Gasteiger partial charge on any atom is -0.496 e. The van der Waals surface area contributed by atoms with Gasteiger partial charge in [-0.25, -0.2) is 13.3 Å². The number of amides is 2. The van der Waals surface area contributed by atoms with Gasteiger partial charge < -0.3 is 10.1 Å². The third-order valence-electron chi connectivity index (χ3n) is 7.33. The lowest BCUT2D eigenvalue weighted by Gasteiger charge is -2.27. The SMILES string of the molecule is CCC(F)(F)c1cccc(NC(=O)/C(NO)=C(\C)N(COP(=O)(OC)OC)C(=O)c2ccc(OC)c(-c3c(C)cccc3C)c2)c1. The maximum Gasteiger partial charge on any atom is 0.475 e. The van der Waals surface area contributed by atoms with Gasteiger partial charge in [-0.2, -0.15) is 0 Å². The van der Waals surface area contributed by atoms with E-state index in [1.54, 1.807) is 17.6 Å². The smallest absolute Gasteiger partial charge is 0.475 e. The number of ether oxygens (including phenoxy) is 1. The molecule has 0 aromatic heterocycles. The van der Waals surface area contributed by atoms with Crippen LogP contribution in [-0.2, 0) is 28.9 Å². The Balaban J connectivity index is 2.10. The van der Waals surface area contributed by atoms with Gasteiger partial charge in [0.15, 0.2) is 0 Å². The van der Waals surface area contributed by atoms with E-state index in [4.69, 9.17) is 18.3 Å². The average Bonchev–Trinajstić information content (AvgIpc) is 3.04. The number of rotatable bonds is 14. The molecule has 0 bridgehead atoms. The van der Waals surface area contributed by atoms with Crippen molar-refractivity contribution in [3.63, 3.8) is 0 Å². The molecular formula is C32H38F2N3O8P. The summed E-state index contributed by atoms with van der Waals surface area (Å²) in [5.41, 5.74) is 4.23. The number of hydrogen-bond donors (Lipinski definition) is 3. The Morgan fingerprint density at radius 1 is 0.978 bits per heavy atom. The number of carbonyl (C=O) groups is 2. The molecule has 3 rings (SSSR count). The first-order chi connectivity index (χ1) is 21.7. The Hall–Kier alpha value is -4.13. The number of methoxy groups -OCH3 is 1. The Morgan fingerprint density at radius 2 is 1.61 bits per heavy atom. The first-order valence-corrected chi connectivity index (χ1v) is 15.5. The van der Waals surface area contributed by atoms with Crippen molar-refractivity contribution in [2.45, 2.75) is 40.0 Å². The molecule has 0 heterocycles. The van der Waals surface area contributed by atoms with E-state index >= 15 is 0 Å². The van der Waals surface area contributed by atoms with E-state index in [0.717, 1.165) is 41.9 Å². The van der Waals surface area contributed by atoms with Crippen molar-refractivity contribution in [1.82, 2.24) is 10.4 Å². The number of allylic oxidation sites excluding steroid dienone is 1. The van der Waals surface area contributed by atoms with Gasteiger partial charge in [-0.3, -0.25) is 38.7 Å². The van der Waals surface area contributed by atoms with Crippen molar-refractivity contribution in [2.24, 2.45) is 0 Å². The molecule has 248 valence electrons. The summed E-state index contributed by atoms with van der Waals surface area (Å²) in [6, 6.07) is 15.6. The summed E-state index contributed by atoms with van der Waals surface area (Å²) in [7, 11) is -0.443. The lowest BCUT2D eigenvalue weighted by atomic mass is 9.93. The summed E-state index contributed by atoms with van der Waals surface area (Å²) in [6.45, 7) is 5.76. The minimum atomic E-state index is -4.12. The molecule has 3 N–H and O–H groups in total. The van der Waals surface area contributed by atoms with Crippen molar-refractivity contribution >= 4 is 25.3 Å². The molecule has 0 atom stereocenters. The number of halogens is 2. The molecule has 46 heavy (non-hydrogen) atoms. The number of anilines is 1. The Bertz CT molecular complexity index is 1640. The molecule has 0 aliphatic carbocycles. The van der Waals surface area contributed by atoms with Crippen LogP contribution in [0.15, 0.2) is 72.1 Å². The predicted octanol–water partition coefficient (Wildman–Crippen LogP) is 7.15. The van der Waals surface area contributed by atoms with E-state index in [1.165, 1.54) is 45.2 Å². The number of phosphoric ester groups is 1. The number of carbonyl (C=O) groups excluding carboxylic acids is 2.